The van der Waals surface area contributed by atoms with E-state index in [1.165, 1.54) is 28.4 Å². The van der Waals surface area contributed by atoms with E-state index in [9.17, 15) is 20.4 Å². The van der Waals surface area contributed by atoms with Crippen LogP contribution in [-0.4, -0.2) is 123 Å². The summed E-state index contributed by atoms with van der Waals surface area (Å²) in [7, 11) is 5.58. The van der Waals surface area contributed by atoms with Gasteiger partial charge in [-0.05, 0) is 0 Å². The van der Waals surface area contributed by atoms with Gasteiger partial charge in [-0.25, -0.2) is 0 Å². The lowest BCUT2D eigenvalue weighted by Crippen LogP contribution is -2.65. The molecule has 2 aliphatic rings. The molecule has 0 bridgehead atoms. The maximum absolute atomic E-state index is 10.5. The zero-order chi connectivity index (χ0) is 20.1. The molecular weight excluding hydrogens is 368 g/mol. The van der Waals surface area contributed by atoms with Gasteiger partial charge in [0, 0.05) is 28.4 Å². The minimum absolute atomic E-state index is 0.0367. The Balaban J connectivity index is 2.21. The lowest BCUT2D eigenvalue weighted by Gasteiger charge is -2.46. The minimum atomic E-state index is -1.48. The summed E-state index contributed by atoms with van der Waals surface area (Å²) in [5.41, 5.74) is 0. The number of hydrogen-bond donors (Lipinski definition) is 4. The zero-order valence-electron chi connectivity index (χ0n) is 15.8. The molecule has 2 fully saturated rings. The van der Waals surface area contributed by atoms with Gasteiger partial charge in [0.1, 0.15) is 48.8 Å². The minimum Gasteiger partial charge on any atom is -0.387 e. The molecule has 11 heteroatoms. The van der Waals surface area contributed by atoms with Gasteiger partial charge in [-0.1, -0.05) is 0 Å². The van der Waals surface area contributed by atoms with E-state index < -0.39 is 61.4 Å². The monoisotopic (exact) mass is 398 g/mol. The Hall–Kier alpha value is -0.440. The van der Waals surface area contributed by atoms with Crippen molar-refractivity contribution in [2.24, 2.45) is 0 Å². The highest BCUT2D eigenvalue weighted by Gasteiger charge is 2.51. The predicted molar refractivity (Wildman–Crippen MR) is 87.8 cm³/mol. The van der Waals surface area contributed by atoms with E-state index in [2.05, 4.69) is 0 Å². The summed E-state index contributed by atoms with van der Waals surface area (Å²) in [5, 5.41) is 40.8. The summed E-state index contributed by atoms with van der Waals surface area (Å²) in [6.07, 6.45) is -11.1. The van der Waals surface area contributed by atoms with Gasteiger partial charge in [-0.15, -0.1) is 0 Å². The Kier molecular flexibility index (Phi) is 8.77. The van der Waals surface area contributed by atoms with Crippen LogP contribution in [0.25, 0.3) is 0 Å². The SMILES string of the molecule is COC[C@H]1O[C@H](O[C@H]2[C@H](OC)[C@@H](O)[C@@H](O)O[C@@H]2COC)[C@H](O)[C@@H](OC)[C@@H]1O. The van der Waals surface area contributed by atoms with E-state index in [1.807, 2.05) is 0 Å². The van der Waals surface area contributed by atoms with Crippen molar-refractivity contribution in [2.45, 2.75) is 61.4 Å². The van der Waals surface area contributed by atoms with Gasteiger partial charge in [0.05, 0.1) is 13.2 Å². The number of methoxy groups -OCH3 is 4. The highest BCUT2D eigenvalue weighted by atomic mass is 16.7. The van der Waals surface area contributed by atoms with Crippen LogP contribution in [0.5, 0.6) is 0 Å². The third-order valence-corrected chi connectivity index (χ3v) is 4.77. The lowest BCUT2D eigenvalue weighted by atomic mass is 9.96. The number of aliphatic hydroxyl groups is 4. The first-order valence-electron chi connectivity index (χ1n) is 8.61. The number of aliphatic hydroxyl groups excluding tert-OH is 4. The average Bonchev–Trinajstić information content (AvgIpc) is 2.64. The Bertz CT molecular complexity index is 439. The van der Waals surface area contributed by atoms with Crippen LogP contribution in [0.1, 0.15) is 0 Å². The van der Waals surface area contributed by atoms with E-state index in [4.69, 9.17) is 33.2 Å². The Labute approximate surface area is 157 Å². The molecule has 0 saturated carbocycles. The normalized spacial score (nSPS) is 45.8. The Morgan fingerprint density at radius 1 is 0.667 bits per heavy atom. The van der Waals surface area contributed by atoms with Crippen molar-refractivity contribution in [3.05, 3.63) is 0 Å². The highest BCUT2D eigenvalue weighted by Crippen LogP contribution is 2.30. The van der Waals surface area contributed by atoms with E-state index in [1.54, 1.807) is 0 Å². The van der Waals surface area contributed by atoms with Crippen LogP contribution in [-0.2, 0) is 33.2 Å². The second kappa shape index (κ2) is 10.4. The molecular formula is C16H30O11. The van der Waals surface area contributed by atoms with Crippen LogP contribution in [0.15, 0.2) is 0 Å². The number of ether oxygens (including phenoxy) is 7. The average molecular weight is 398 g/mol. The standard InChI is InChI=1S/C16H30O11/c1-21-5-7-9(17)13(23-3)11(19)16(26-7)27-12-8(6-22-2)25-15(20)10(18)14(12)24-4/h7-20H,5-6H2,1-4H3/t7-,8-,9-,10-,11-,12-,13+,14-,15+,16-/m1/s1. The second-order valence-corrected chi connectivity index (χ2v) is 6.49. The first-order valence-corrected chi connectivity index (χ1v) is 8.61. The molecule has 2 aliphatic heterocycles. The molecule has 4 N–H and O–H groups in total. The molecule has 27 heavy (non-hydrogen) atoms. The molecule has 0 aromatic carbocycles. The fraction of sp³-hybridized carbons (Fsp3) is 1.00. The van der Waals surface area contributed by atoms with Crippen molar-refractivity contribution < 1.29 is 53.6 Å². The van der Waals surface area contributed by atoms with Crippen molar-refractivity contribution in [1.29, 1.82) is 0 Å². The maximum atomic E-state index is 10.5. The van der Waals surface area contributed by atoms with E-state index in [-0.39, 0.29) is 13.2 Å². The largest absolute Gasteiger partial charge is 0.387 e. The van der Waals surface area contributed by atoms with Gasteiger partial charge in [0.25, 0.3) is 0 Å². The summed E-state index contributed by atoms with van der Waals surface area (Å²) < 4.78 is 37.4. The molecule has 0 aliphatic carbocycles. The van der Waals surface area contributed by atoms with Crippen LogP contribution in [0, 0.1) is 0 Å². The molecule has 0 spiro atoms. The highest BCUT2D eigenvalue weighted by molar-refractivity contribution is 4.95. The van der Waals surface area contributed by atoms with Gasteiger partial charge in [-0.2, -0.15) is 0 Å². The van der Waals surface area contributed by atoms with Crippen LogP contribution < -0.4 is 0 Å². The summed E-state index contributed by atoms with van der Waals surface area (Å²) in [6.45, 7) is 0.0836. The van der Waals surface area contributed by atoms with E-state index in [0.29, 0.717) is 0 Å². The summed E-state index contributed by atoms with van der Waals surface area (Å²) >= 11 is 0. The van der Waals surface area contributed by atoms with Crippen LogP contribution >= 0.6 is 0 Å². The molecule has 11 nitrogen and oxygen atoms in total. The van der Waals surface area contributed by atoms with Crippen LogP contribution in [0.4, 0.5) is 0 Å². The fourth-order valence-electron chi connectivity index (χ4n) is 3.39. The summed E-state index contributed by atoms with van der Waals surface area (Å²) in [5.74, 6) is 0. The van der Waals surface area contributed by atoms with Gasteiger partial charge < -0.3 is 53.6 Å². The van der Waals surface area contributed by atoms with Crippen molar-refractivity contribution in [2.75, 3.05) is 41.7 Å². The molecule has 2 saturated heterocycles. The molecule has 0 unspecified atom stereocenters. The van der Waals surface area contributed by atoms with Crippen LogP contribution in [0.2, 0.25) is 0 Å². The molecule has 2 heterocycles. The molecule has 2 rings (SSSR count). The Morgan fingerprint density at radius 3 is 1.81 bits per heavy atom. The second-order valence-electron chi connectivity index (χ2n) is 6.49. The molecule has 10 atom stereocenters. The smallest absolute Gasteiger partial charge is 0.187 e. The zero-order valence-corrected chi connectivity index (χ0v) is 15.8. The first kappa shape index (κ1) is 22.8. The summed E-state index contributed by atoms with van der Waals surface area (Å²) in [4.78, 5) is 0. The van der Waals surface area contributed by atoms with Crippen LogP contribution in [0.3, 0.4) is 0 Å². The molecule has 160 valence electrons. The number of rotatable bonds is 8. The third-order valence-electron chi connectivity index (χ3n) is 4.77. The topological polar surface area (TPSA) is 146 Å². The quantitative estimate of drug-likeness (QED) is 0.337. The number of hydrogen-bond acceptors (Lipinski definition) is 11. The van der Waals surface area contributed by atoms with E-state index in [0.717, 1.165) is 0 Å². The van der Waals surface area contributed by atoms with Crippen molar-refractivity contribution in [1.82, 2.24) is 0 Å². The van der Waals surface area contributed by atoms with Crippen molar-refractivity contribution in [3.63, 3.8) is 0 Å². The van der Waals surface area contributed by atoms with Gasteiger partial charge in [-0.3, -0.25) is 0 Å². The maximum Gasteiger partial charge on any atom is 0.187 e. The first-order chi connectivity index (χ1) is 12.9. The van der Waals surface area contributed by atoms with Gasteiger partial charge >= 0.3 is 0 Å². The van der Waals surface area contributed by atoms with Crippen molar-refractivity contribution >= 4 is 0 Å². The molecule has 0 aromatic heterocycles. The lowest BCUT2D eigenvalue weighted by molar-refractivity contribution is -0.359. The Morgan fingerprint density at radius 2 is 1.26 bits per heavy atom. The van der Waals surface area contributed by atoms with Gasteiger partial charge in [0.15, 0.2) is 12.6 Å². The molecule has 0 radical (unpaired) electrons. The van der Waals surface area contributed by atoms with E-state index >= 15 is 0 Å². The summed E-state index contributed by atoms with van der Waals surface area (Å²) in [6, 6.07) is 0. The predicted octanol–water partition coefficient (Wildman–Crippen LogP) is -2.78. The van der Waals surface area contributed by atoms with Crippen molar-refractivity contribution in [3.8, 4) is 0 Å². The molecule has 0 amide bonds. The van der Waals surface area contributed by atoms with Gasteiger partial charge in [0.2, 0.25) is 0 Å². The fourth-order valence-corrected chi connectivity index (χ4v) is 3.39. The third kappa shape index (κ3) is 4.95. The molecule has 0 aromatic rings.